The van der Waals surface area contributed by atoms with Crippen LogP contribution >= 0.6 is 0 Å². The molecule has 4 atom stereocenters. The van der Waals surface area contributed by atoms with Crippen molar-refractivity contribution in [2.45, 2.75) is 39.5 Å². The maximum Gasteiger partial charge on any atom is -0.00219 e. The van der Waals surface area contributed by atoms with Gasteiger partial charge >= 0.3 is 0 Å². The van der Waals surface area contributed by atoms with Crippen molar-refractivity contribution in [1.29, 1.82) is 0 Å². The zero-order valence-electron chi connectivity index (χ0n) is 13.0. The van der Waals surface area contributed by atoms with Crippen LogP contribution in [0.2, 0.25) is 0 Å². The molecule has 0 heterocycles. The predicted molar refractivity (Wildman–Crippen MR) is 85.5 cm³/mol. The van der Waals surface area contributed by atoms with Gasteiger partial charge in [0.1, 0.15) is 0 Å². The number of benzene rings is 1. The van der Waals surface area contributed by atoms with Gasteiger partial charge in [-0.15, -0.1) is 0 Å². The molecular weight excluding hydrogens is 240 g/mol. The maximum atomic E-state index is 2.47. The van der Waals surface area contributed by atoms with Gasteiger partial charge in [0.2, 0.25) is 0 Å². The van der Waals surface area contributed by atoms with Gasteiger partial charge in [-0.05, 0) is 59.1 Å². The second kappa shape index (κ2) is 3.87. The van der Waals surface area contributed by atoms with Crippen molar-refractivity contribution in [2.24, 2.45) is 23.7 Å². The zero-order valence-corrected chi connectivity index (χ0v) is 13.0. The van der Waals surface area contributed by atoms with Crippen molar-refractivity contribution in [2.75, 3.05) is 0 Å². The van der Waals surface area contributed by atoms with E-state index in [2.05, 4.69) is 64.1 Å². The van der Waals surface area contributed by atoms with Crippen molar-refractivity contribution >= 4 is 5.57 Å². The molecule has 0 saturated heterocycles. The minimum Gasteiger partial charge on any atom is -0.0845 e. The molecule has 0 N–H and O–H groups in total. The van der Waals surface area contributed by atoms with Crippen molar-refractivity contribution < 1.29 is 0 Å². The Kier molecular flexibility index (Phi) is 2.41. The Morgan fingerprint density at radius 2 is 1.50 bits per heavy atom. The molecular formula is C20H24. The Labute approximate surface area is 122 Å². The van der Waals surface area contributed by atoms with Gasteiger partial charge in [-0.1, -0.05) is 62.8 Å². The maximum absolute atomic E-state index is 2.47. The van der Waals surface area contributed by atoms with Crippen LogP contribution in [-0.4, -0.2) is 0 Å². The summed E-state index contributed by atoms with van der Waals surface area (Å²) in [4.78, 5) is 0. The second-order valence-electron chi connectivity index (χ2n) is 7.92. The van der Waals surface area contributed by atoms with Crippen LogP contribution in [0.3, 0.4) is 0 Å². The summed E-state index contributed by atoms with van der Waals surface area (Å²) in [5.74, 6) is 3.36. The number of hydrogen-bond donors (Lipinski definition) is 0. The summed E-state index contributed by atoms with van der Waals surface area (Å²) in [5.41, 5.74) is 6.47. The first kappa shape index (κ1) is 12.4. The molecule has 2 bridgehead atoms. The highest BCUT2D eigenvalue weighted by Gasteiger charge is 2.53. The van der Waals surface area contributed by atoms with Crippen molar-refractivity contribution in [3.63, 3.8) is 0 Å². The molecule has 1 fully saturated rings. The van der Waals surface area contributed by atoms with E-state index in [1.54, 1.807) is 11.1 Å². The molecule has 4 unspecified atom stereocenters. The van der Waals surface area contributed by atoms with E-state index in [-0.39, 0.29) is 5.41 Å². The van der Waals surface area contributed by atoms with Gasteiger partial charge in [-0.2, -0.15) is 0 Å². The molecule has 0 nitrogen and oxygen atoms in total. The van der Waals surface area contributed by atoms with E-state index in [0.29, 0.717) is 0 Å². The van der Waals surface area contributed by atoms with Gasteiger partial charge in [0.15, 0.2) is 0 Å². The van der Waals surface area contributed by atoms with Gasteiger partial charge in [-0.3, -0.25) is 0 Å². The first-order valence-corrected chi connectivity index (χ1v) is 7.97. The van der Waals surface area contributed by atoms with Crippen molar-refractivity contribution in [3.05, 3.63) is 53.1 Å². The molecule has 0 aliphatic heterocycles. The lowest BCUT2D eigenvalue weighted by Crippen LogP contribution is -2.32. The first-order chi connectivity index (χ1) is 9.47. The molecule has 0 aromatic heterocycles. The van der Waals surface area contributed by atoms with Gasteiger partial charge in [0.05, 0.1) is 0 Å². The van der Waals surface area contributed by atoms with E-state index in [9.17, 15) is 0 Å². The third kappa shape index (κ3) is 1.54. The summed E-state index contributed by atoms with van der Waals surface area (Å²) in [5, 5.41) is 0. The van der Waals surface area contributed by atoms with Crippen LogP contribution < -0.4 is 0 Å². The predicted octanol–water partition coefficient (Wildman–Crippen LogP) is 5.21. The summed E-state index contributed by atoms with van der Waals surface area (Å²) in [7, 11) is 0. The average Bonchev–Trinajstić information content (AvgIpc) is 2.95. The molecule has 3 aliphatic rings. The lowest BCUT2D eigenvalue weighted by Gasteiger charge is -2.42. The minimum atomic E-state index is 0.249. The summed E-state index contributed by atoms with van der Waals surface area (Å²) in [6.07, 6.45) is 6.34. The zero-order chi connectivity index (χ0) is 14.1. The lowest BCUT2D eigenvalue weighted by atomic mass is 9.62. The fraction of sp³-hybridized carbons (Fsp3) is 0.500. The Morgan fingerprint density at radius 1 is 0.900 bits per heavy atom. The van der Waals surface area contributed by atoms with E-state index < -0.39 is 0 Å². The molecule has 3 aliphatic carbocycles. The van der Waals surface area contributed by atoms with Crippen LogP contribution in [-0.2, 0) is 5.41 Å². The normalized spacial score (nSPS) is 34.4. The van der Waals surface area contributed by atoms with E-state index in [4.69, 9.17) is 0 Å². The second-order valence-corrected chi connectivity index (χ2v) is 7.92. The van der Waals surface area contributed by atoms with Crippen molar-refractivity contribution in [1.82, 2.24) is 0 Å². The Balaban J connectivity index is 1.68. The third-order valence-electron chi connectivity index (χ3n) is 5.78. The van der Waals surface area contributed by atoms with Crippen LogP contribution in [0, 0.1) is 23.7 Å². The Morgan fingerprint density at radius 3 is 2.10 bits per heavy atom. The Hall–Kier alpha value is -1.30. The number of fused-ring (bicyclic) bond motifs is 5. The fourth-order valence-corrected chi connectivity index (χ4v) is 4.72. The lowest BCUT2D eigenvalue weighted by molar-refractivity contribution is 0.391. The van der Waals surface area contributed by atoms with Crippen LogP contribution in [0.4, 0.5) is 0 Å². The third-order valence-corrected chi connectivity index (χ3v) is 5.78. The first-order valence-electron chi connectivity index (χ1n) is 7.97. The molecule has 1 aromatic carbocycles. The standard InChI is InChI=1S/C20H24/c1-12-17(19-15-6-5-14(11-15)18(12)19)13-7-9-16(10-8-13)20(2,3)4/h5-10,14-15,18-19H,11H2,1-4H3. The van der Waals surface area contributed by atoms with E-state index in [0.717, 1.165) is 23.7 Å². The SMILES string of the molecule is CC1=C(c2ccc(C(C)(C)C)cc2)C2C3C=CC(C3)C12. The molecule has 1 aromatic rings. The van der Waals surface area contributed by atoms with Crippen LogP contribution in [0.1, 0.15) is 45.2 Å². The average molecular weight is 264 g/mol. The van der Waals surface area contributed by atoms with Crippen LogP contribution in [0.15, 0.2) is 42.0 Å². The van der Waals surface area contributed by atoms with Gasteiger partial charge in [0.25, 0.3) is 0 Å². The molecule has 0 amide bonds. The summed E-state index contributed by atoms with van der Waals surface area (Å²) in [6, 6.07) is 9.36. The van der Waals surface area contributed by atoms with E-state index >= 15 is 0 Å². The molecule has 0 spiro atoms. The molecule has 0 radical (unpaired) electrons. The monoisotopic (exact) mass is 264 g/mol. The highest BCUT2D eigenvalue weighted by Crippen LogP contribution is 2.63. The topological polar surface area (TPSA) is 0 Å². The van der Waals surface area contributed by atoms with E-state index in [1.807, 2.05) is 0 Å². The molecule has 1 saturated carbocycles. The largest absolute Gasteiger partial charge is 0.0845 e. The summed E-state index contributed by atoms with van der Waals surface area (Å²) in [6.45, 7) is 9.22. The van der Waals surface area contributed by atoms with Crippen molar-refractivity contribution in [3.8, 4) is 0 Å². The molecule has 104 valence electrons. The highest BCUT2D eigenvalue weighted by atomic mass is 14.6. The van der Waals surface area contributed by atoms with E-state index in [1.165, 1.54) is 17.5 Å². The number of allylic oxidation sites excluding steroid dienone is 4. The Bertz CT molecular complexity index is 606. The molecule has 0 heteroatoms. The van der Waals surface area contributed by atoms with Gasteiger partial charge < -0.3 is 0 Å². The summed E-state index contributed by atoms with van der Waals surface area (Å²) >= 11 is 0. The number of hydrogen-bond acceptors (Lipinski definition) is 0. The smallest absolute Gasteiger partial charge is 0.00219 e. The summed E-state index contributed by atoms with van der Waals surface area (Å²) < 4.78 is 0. The van der Waals surface area contributed by atoms with Crippen LogP contribution in [0.5, 0.6) is 0 Å². The van der Waals surface area contributed by atoms with Gasteiger partial charge in [0, 0.05) is 0 Å². The molecule has 4 rings (SSSR count). The minimum absolute atomic E-state index is 0.249. The van der Waals surface area contributed by atoms with Crippen LogP contribution in [0.25, 0.3) is 5.57 Å². The quantitative estimate of drug-likeness (QED) is 0.611. The number of rotatable bonds is 1. The van der Waals surface area contributed by atoms with Gasteiger partial charge in [-0.25, -0.2) is 0 Å². The molecule has 20 heavy (non-hydrogen) atoms. The highest BCUT2D eigenvalue weighted by molar-refractivity contribution is 5.78. The fourth-order valence-electron chi connectivity index (χ4n) is 4.72.